The third-order valence-corrected chi connectivity index (χ3v) is 4.34. The molecule has 0 atom stereocenters. The van der Waals surface area contributed by atoms with Crippen molar-refractivity contribution >= 4 is 27.3 Å². The Hall–Kier alpha value is -1.11. The van der Waals surface area contributed by atoms with Crippen LogP contribution in [0.4, 0.5) is 0 Å². The first-order chi connectivity index (χ1) is 9.32. The van der Waals surface area contributed by atoms with Crippen molar-refractivity contribution < 1.29 is 13.2 Å². The molecule has 0 aliphatic rings. The minimum atomic E-state index is -3.30. The number of benzene rings is 1. The van der Waals surface area contributed by atoms with E-state index < -0.39 is 9.84 Å². The Morgan fingerprint density at radius 2 is 2.05 bits per heavy atom. The molecule has 0 fully saturated rings. The predicted molar refractivity (Wildman–Crippen MR) is 79.3 cm³/mol. The molecule has 0 saturated carbocycles. The average Bonchev–Trinajstić information content (AvgIpc) is 2.33. The maximum Gasteiger partial charge on any atom is 0.217 e. The zero-order chi connectivity index (χ0) is 15.2. The Kier molecular flexibility index (Phi) is 6.45. The van der Waals surface area contributed by atoms with Crippen molar-refractivity contribution in [2.24, 2.45) is 5.73 Å². The smallest absolute Gasteiger partial charge is 0.217 e. The highest BCUT2D eigenvalue weighted by Crippen LogP contribution is 2.23. The maximum atomic E-state index is 11.7. The van der Waals surface area contributed by atoms with Crippen molar-refractivity contribution in [3.63, 3.8) is 0 Å². The van der Waals surface area contributed by atoms with Crippen molar-refractivity contribution in [3.05, 3.63) is 28.8 Å². The van der Waals surface area contributed by atoms with Crippen LogP contribution < -0.4 is 11.1 Å². The average molecular weight is 319 g/mol. The molecule has 20 heavy (non-hydrogen) atoms. The second kappa shape index (κ2) is 7.61. The molecule has 1 aromatic carbocycles. The van der Waals surface area contributed by atoms with E-state index in [1.165, 1.54) is 0 Å². The molecule has 7 heteroatoms. The highest BCUT2D eigenvalue weighted by atomic mass is 35.5. The molecule has 5 nitrogen and oxygen atoms in total. The third kappa shape index (κ3) is 5.48. The number of nitrogens with one attached hydrogen (secondary N) is 1. The summed E-state index contributed by atoms with van der Waals surface area (Å²) in [5.41, 5.74) is 5.62. The SMILES string of the molecule is CS(=O)(=O)c1cccc(Cl)c1CNCCCCC(N)=O. The van der Waals surface area contributed by atoms with E-state index in [-0.39, 0.29) is 10.8 Å². The summed E-state index contributed by atoms with van der Waals surface area (Å²) in [6.45, 7) is 1.04. The molecule has 1 amide bonds. The van der Waals surface area contributed by atoms with Crippen molar-refractivity contribution in [1.82, 2.24) is 5.32 Å². The van der Waals surface area contributed by atoms with Crippen LogP contribution in [0.5, 0.6) is 0 Å². The van der Waals surface area contributed by atoms with E-state index >= 15 is 0 Å². The zero-order valence-corrected chi connectivity index (χ0v) is 12.9. The zero-order valence-electron chi connectivity index (χ0n) is 11.4. The number of primary amides is 1. The molecule has 0 radical (unpaired) electrons. The van der Waals surface area contributed by atoms with E-state index in [2.05, 4.69) is 5.32 Å². The molecule has 112 valence electrons. The van der Waals surface area contributed by atoms with Crippen LogP contribution in [-0.4, -0.2) is 27.1 Å². The van der Waals surface area contributed by atoms with Crippen LogP contribution in [0.2, 0.25) is 5.02 Å². The molecule has 0 heterocycles. The molecule has 1 rings (SSSR count). The molecule has 0 unspecified atom stereocenters. The summed E-state index contributed by atoms with van der Waals surface area (Å²) in [4.78, 5) is 10.8. The summed E-state index contributed by atoms with van der Waals surface area (Å²) in [5, 5.41) is 3.56. The number of hydrogen-bond donors (Lipinski definition) is 2. The first-order valence-electron chi connectivity index (χ1n) is 6.29. The van der Waals surface area contributed by atoms with Gasteiger partial charge in [-0.25, -0.2) is 8.42 Å². The molecule has 1 aromatic rings. The van der Waals surface area contributed by atoms with Crippen molar-refractivity contribution in [3.8, 4) is 0 Å². The monoisotopic (exact) mass is 318 g/mol. The largest absolute Gasteiger partial charge is 0.370 e. The number of hydrogen-bond acceptors (Lipinski definition) is 4. The van der Waals surface area contributed by atoms with Gasteiger partial charge in [0.1, 0.15) is 0 Å². The van der Waals surface area contributed by atoms with Gasteiger partial charge in [0.15, 0.2) is 9.84 Å². The topological polar surface area (TPSA) is 89.3 Å². The molecular weight excluding hydrogens is 300 g/mol. The van der Waals surface area contributed by atoms with Gasteiger partial charge in [0.25, 0.3) is 0 Å². The Balaban J connectivity index is 2.58. The lowest BCUT2D eigenvalue weighted by Gasteiger charge is -2.11. The van der Waals surface area contributed by atoms with Gasteiger partial charge in [-0.1, -0.05) is 17.7 Å². The lowest BCUT2D eigenvalue weighted by atomic mass is 10.2. The molecule has 0 saturated heterocycles. The highest BCUT2D eigenvalue weighted by molar-refractivity contribution is 7.90. The number of carbonyl (C=O) groups excluding carboxylic acids is 1. The van der Waals surface area contributed by atoms with Crippen molar-refractivity contribution in [2.45, 2.75) is 30.7 Å². The number of sulfone groups is 1. The number of carbonyl (C=O) groups is 1. The summed E-state index contributed by atoms with van der Waals surface area (Å²) >= 11 is 6.05. The van der Waals surface area contributed by atoms with Gasteiger partial charge in [0.05, 0.1) is 4.90 Å². The van der Waals surface area contributed by atoms with Crippen LogP contribution in [0.3, 0.4) is 0 Å². The van der Waals surface area contributed by atoms with Gasteiger partial charge in [-0.05, 0) is 31.5 Å². The third-order valence-electron chi connectivity index (χ3n) is 2.80. The van der Waals surface area contributed by atoms with Gasteiger partial charge in [0.2, 0.25) is 5.91 Å². The van der Waals surface area contributed by atoms with Gasteiger partial charge in [-0.3, -0.25) is 4.79 Å². The molecule has 0 aliphatic carbocycles. The summed E-state index contributed by atoms with van der Waals surface area (Å²) in [6.07, 6.45) is 3.03. The maximum absolute atomic E-state index is 11.7. The Morgan fingerprint density at radius 3 is 2.65 bits per heavy atom. The molecule has 3 N–H and O–H groups in total. The quantitative estimate of drug-likeness (QED) is 0.711. The van der Waals surface area contributed by atoms with Gasteiger partial charge in [-0.2, -0.15) is 0 Å². The van der Waals surface area contributed by atoms with E-state index in [1.807, 2.05) is 0 Å². The summed E-state index contributed by atoms with van der Waals surface area (Å²) < 4.78 is 23.4. The van der Waals surface area contributed by atoms with E-state index in [1.54, 1.807) is 18.2 Å². The van der Waals surface area contributed by atoms with Crippen LogP contribution in [0.15, 0.2) is 23.1 Å². The molecular formula is C13H19ClN2O3S. The van der Waals surface area contributed by atoms with Crippen molar-refractivity contribution in [1.29, 1.82) is 0 Å². The van der Waals surface area contributed by atoms with E-state index in [0.29, 0.717) is 36.5 Å². The van der Waals surface area contributed by atoms with Crippen molar-refractivity contribution in [2.75, 3.05) is 12.8 Å². The van der Waals surface area contributed by atoms with E-state index in [0.717, 1.165) is 12.7 Å². The fourth-order valence-electron chi connectivity index (χ4n) is 1.82. The molecule has 0 aromatic heterocycles. The van der Waals surface area contributed by atoms with Crippen LogP contribution in [0.25, 0.3) is 0 Å². The van der Waals surface area contributed by atoms with Crippen LogP contribution in [0, 0.1) is 0 Å². The molecule has 0 aliphatic heterocycles. The minimum Gasteiger partial charge on any atom is -0.370 e. The minimum absolute atomic E-state index is 0.245. The van der Waals surface area contributed by atoms with Gasteiger partial charge in [0, 0.05) is 29.8 Å². The Morgan fingerprint density at radius 1 is 1.35 bits per heavy atom. The summed E-state index contributed by atoms with van der Waals surface area (Å²) in [7, 11) is -3.30. The summed E-state index contributed by atoms with van der Waals surface area (Å²) in [6, 6.07) is 4.83. The lowest BCUT2D eigenvalue weighted by molar-refractivity contribution is -0.118. The molecule has 0 bridgehead atoms. The van der Waals surface area contributed by atoms with Crippen LogP contribution in [0.1, 0.15) is 24.8 Å². The molecule has 0 spiro atoms. The second-order valence-corrected chi connectivity index (χ2v) is 6.98. The normalized spacial score (nSPS) is 11.5. The van der Waals surface area contributed by atoms with Gasteiger partial charge in [-0.15, -0.1) is 0 Å². The first kappa shape index (κ1) is 16.9. The number of unbranched alkanes of at least 4 members (excludes halogenated alkanes) is 1. The number of rotatable bonds is 8. The van der Waals surface area contributed by atoms with E-state index in [9.17, 15) is 13.2 Å². The second-order valence-electron chi connectivity index (χ2n) is 4.59. The Bertz CT molecular complexity index is 573. The van der Waals surface area contributed by atoms with Gasteiger partial charge < -0.3 is 11.1 Å². The number of amides is 1. The van der Waals surface area contributed by atoms with Crippen LogP contribution in [-0.2, 0) is 21.2 Å². The fourth-order valence-corrected chi connectivity index (χ4v) is 3.07. The standard InChI is InChI=1S/C13H19ClN2O3S/c1-20(18,19)12-6-4-5-11(14)10(12)9-16-8-3-2-7-13(15)17/h4-6,16H,2-3,7-9H2,1H3,(H2,15,17). The fraction of sp³-hybridized carbons (Fsp3) is 0.462. The Labute approximate surface area is 124 Å². The predicted octanol–water partition coefficient (Wildman–Crippen LogP) is 1.49. The van der Waals surface area contributed by atoms with E-state index in [4.69, 9.17) is 17.3 Å². The first-order valence-corrected chi connectivity index (χ1v) is 8.56. The highest BCUT2D eigenvalue weighted by Gasteiger charge is 2.15. The summed E-state index contributed by atoms with van der Waals surface area (Å²) in [5.74, 6) is -0.310. The number of halogens is 1. The lowest BCUT2D eigenvalue weighted by Crippen LogP contribution is -2.18. The van der Waals surface area contributed by atoms with Crippen LogP contribution >= 0.6 is 11.6 Å². The number of nitrogens with two attached hydrogens (primary N) is 1. The van der Waals surface area contributed by atoms with Gasteiger partial charge >= 0.3 is 0 Å².